The van der Waals surface area contributed by atoms with Crippen LogP contribution in [0.2, 0.25) is 0 Å². The van der Waals surface area contributed by atoms with Gasteiger partial charge in [0, 0.05) is 0 Å². The first-order valence-electron chi connectivity index (χ1n) is 5.42. The summed E-state index contributed by atoms with van der Waals surface area (Å²) in [7, 11) is 0. The minimum absolute atomic E-state index is 0.0757. The van der Waals surface area contributed by atoms with E-state index in [0.29, 0.717) is 6.61 Å². The van der Waals surface area contributed by atoms with Gasteiger partial charge in [0.05, 0.1) is 17.1 Å². The van der Waals surface area contributed by atoms with E-state index in [9.17, 15) is 0 Å². The molecule has 1 heterocycles. The molecule has 1 unspecified atom stereocenters. The van der Waals surface area contributed by atoms with Gasteiger partial charge >= 0.3 is 0 Å². The monoisotopic (exact) mass is 311 g/mol. The molecule has 2 N–H and O–H groups in total. The maximum absolute atomic E-state index is 6.20. The smallest absolute Gasteiger partial charge is 0.133 e. The van der Waals surface area contributed by atoms with Crippen LogP contribution in [0.4, 0.5) is 0 Å². The van der Waals surface area contributed by atoms with Crippen molar-refractivity contribution in [3.8, 4) is 5.75 Å². The fraction of sp³-hybridized carbons (Fsp3) is 0.231. The van der Waals surface area contributed by atoms with Crippen molar-refractivity contribution in [1.29, 1.82) is 0 Å². The molecule has 1 aromatic heterocycles. The highest BCUT2D eigenvalue weighted by atomic mass is 79.9. The van der Waals surface area contributed by atoms with Crippen LogP contribution in [0.3, 0.4) is 0 Å². The highest BCUT2D eigenvalue weighted by Crippen LogP contribution is 2.30. The van der Waals surface area contributed by atoms with Crippen LogP contribution >= 0.6 is 27.3 Å². The number of thiophene rings is 1. The Morgan fingerprint density at radius 3 is 2.76 bits per heavy atom. The van der Waals surface area contributed by atoms with Crippen molar-refractivity contribution in [2.24, 2.45) is 5.73 Å². The molecule has 0 aliphatic heterocycles. The molecule has 2 aromatic rings. The highest BCUT2D eigenvalue weighted by molar-refractivity contribution is 9.10. The summed E-state index contributed by atoms with van der Waals surface area (Å²) < 4.78 is 6.42. The molecule has 17 heavy (non-hydrogen) atoms. The van der Waals surface area contributed by atoms with E-state index >= 15 is 0 Å². The van der Waals surface area contributed by atoms with Crippen molar-refractivity contribution in [3.63, 3.8) is 0 Å². The highest BCUT2D eigenvalue weighted by Gasteiger charge is 2.11. The molecule has 4 heteroatoms. The van der Waals surface area contributed by atoms with E-state index in [-0.39, 0.29) is 6.04 Å². The molecule has 0 bridgehead atoms. The van der Waals surface area contributed by atoms with Crippen LogP contribution < -0.4 is 10.5 Å². The predicted octanol–water partition coefficient (Wildman–Crippen LogP) is 3.96. The first kappa shape index (κ1) is 12.6. The molecular weight excluding hydrogens is 298 g/mol. The summed E-state index contributed by atoms with van der Waals surface area (Å²) in [5, 5.41) is 4.12. The Balaban J connectivity index is 2.25. The lowest BCUT2D eigenvalue weighted by Gasteiger charge is -2.13. The minimum Gasteiger partial charge on any atom is -0.493 e. The van der Waals surface area contributed by atoms with E-state index in [1.165, 1.54) is 0 Å². The second-order valence-corrected chi connectivity index (χ2v) is 5.29. The van der Waals surface area contributed by atoms with E-state index in [1.54, 1.807) is 11.3 Å². The number of hydrogen-bond donors (Lipinski definition) is 1. The Bertz CT molecular complexity index is 484. The Kier molecular flexibility index (Phi) is 4.20. The molecule has 0 saturated carbocycles. The van der Waals surface area contributed by atoms with E-state index in [0.717, 1.165) is 21.3 Å². The summed E-state index contributed by atoms with van der Waals surface area (Å²) >= 11 is 5.16. The largest absolute Gasteiger partial charge is 0.493 e. The van der Waals surface area contributed by atoms with Crippen molar-refractivity contribution < 1.29 is 4.74 Å². The van der Waals surface area contributed by atoms with Gasteiger partial charge in [-0.25, -0.2) is 0 Å². The van der Waals surface area contributed by atoms with Crippen molar-refractivity contribution in [2.45, 2.75) is 13.0 Å². The van der Waals surface area contributed by atoms with E-state index in [4.69, 9.17) is 10.5 Å². The van der Waals surface area contributed by atoms with Gasteiger partial charge in [0.2, 0.25) is 0 Å². The summed E-state index contributed by atoms with van der Waals surface area (Å²) in [5.74, 6) is 0.855. The number of nitrogens with two attached hydrogens (primary N) is 1. The Morgan fingerprint density at radius 1 is 1.35 bits per heavy atom. The summed E-state index contributed by atoms with van der Waals surface area (Å²) in [6, 6.07) is 7.97. The SMILES string of the molecule is CCOc1ccc(C(N)c2ccsc2)cc1Br. The van der Waals surface area contributed by atoms with Gasteiger partial charge in [-0.3, -0.25) is 0 Å². The Labute approximate surface area is 114 Å². The molecule has 0 fully saturated rings. The van der Waals surface area contributed by atoms with Gasteiger partial charge in [-0.1, -0.05) is 6.07 Å². The Morgan fingerprint density at radius 2 is 2.18 bits per heavy atom. The number of ether oxygens (including phenoxy) is 1. The normalized spacial score (nSPS) is 12.4. The molecule has 0 aliphatic rings. The molecule has 1 atom stereocenters. The molecule has 0 saturated heterocycles. The summed E-state index contributed by atoms with van der Waals surface area (Å²) in [6.45, 7) is 2.63. The zero-order valence-electron chi connectivity index (χ0n) is 9.52. The first-order valence-corrected chi connectivity index (χ1v) is 7.16. The van der Waals surface area contributed by atoms with Crippen molar-refractivity contribution in [1.82, 2.24) is 0 Å². The van der Waals surface area contributed by atoms with Crippen LogP contribution in [0.25, 0.3) is 0 Å². The van der Waals surface area contributed by atoms with Crippen molar-refractivity contribution >= 4 is 27.3 Å². The third-order valence-electron chi connectivity index (χ3n) is 2.52. The van der Waals surface area contributed by atoms with E-state index < -0.39 is 0 Å². The maximum atomic E-state index is 6.20. The van der Waals surface area contributed by atoms with Crippen LogP contribution in [-0.4, -0.2) is 6.61 Å². The maximum Gasteiger partial charge on any atom is 0.133 e. The number of hydrogen-bond acceptors (Lipinski definition) is 3. The first-order chi connectivity index (χ1) is 8.22. The molecule has 2 rings (SSSR count). The Hall–Kier alpha value is -0.840. The van der Waals surface area contributed by atoms with E-state index in [2.05, 4.69) is 27.4 Å². The van der Waals surface area contributed by atoms with Gasteiger partial charge in [-0.15, -0.1) is 0 Å². The van der Waals surface area contributed by atoms with Gasteiger partial charge in [-0.05, 0) is 62.9 Å². The van der Waals surface area contributed by atoms with Crippen LogP contribution in [0.5, 0.6) is 5.75 Å². The van der Waals surface area contributed by atoms with Crippen LogP contribution in [0.1, 0.15) is 24.1 Å². The quantitative estimate of drug-likeness (QED) is 0.927. The lowest BCUT2D eigenvalue weighted by molar-refractivity contribution is 0.338. The predicted molar refractivity (Wildman–Crippen MR) is 75.7 cm³/mol. The second kappa shape index (κ2) is 5.67. The molecular formula is C13H14BrNOS. The average molecular weight is 312 g/mol. The zero-order valence-corrected chi connectivity index (χ0v) is 11.9. The van der Waals surface area contributed by atoms with Gasteiger partial charge in [0.1, 0.15) is 5.75 Å². The van der Waals surface area contributed by atoms with E-state index in [1.807, 2.05) is 30.5 Å². The molecule has 0 amide bonds. The molecule has 0 radical (unpaired) electrons. The lowest BCUT2D eigenvalue weighted by atomic mass is 10.0. The van der Waals surface area contributed by atoms with Gasteiger partial charge in [-0.2, -0.15) is 11.3 Å². The molecule has 2 nitrogen and oxygen atoms in total. The number of benzene rings is 1. The average Bonchev–Trinajstić information content (AvgIpc) is 2.84. The summed E-state index contributed by atoms with van der Waals surface area (Å²) in [4.78, 5) is 0. The number of rotatable bonds is 4. The second-order valence-electron chi connectivity index (χ2n) is 3.66. The fourth-order valence-electron chi connectivity index (χ4n) is 1.63. The third kappa shape index (κ3) is 2.89. The molecule has 0 aliphatic carbocycles. The van der Waals surface area contributed by atoms with Crippen molar-refractivity contribution in [3.05, 3.63) is 50.6 Å². The van der Waals surface area contributed by atoms with Gasteiger partial charge in [0.25, 0.3) is 0 Å². The molecule has 90 valence electrons. The standard InChI is InChI=1S/C13H14BrNOS/c1-2-16-12-4-3-9(7-11(12)14)13(15)10-5-6-17-8-10/h3-8,13H,2,15H2,1H3. The number of halogens is 1. The molecule has 1 aromatic carbocycles. The van der Waals surface area contributed by atoms with Crippen LogP contribution in [-0.2, 0) is 0 Å². The summed E-state index contributed by atoms with van der Waals surface area (Å²) in [5.41, 5.74) is 8.43. The third-order valence-corrected chi connectivity index (χ3v) is 3.84. The topological polar surface area (TPSA) is 35.2 Å². The molecule has 0 spiro atoms. The lowest BCUT2D eigenvalue weighted by Crippen LogP contribution is -2.10. The van der Waals surface area contributed by atoms with Crippen molar-refractivity contribution in [2.75, 3.05) is 6.61 Å². The van der Waals surface area contributed by atoms with Crippen LogP contribution in [0.15, 0.2) is 39.5 Å². The minimum atomic E-state index is -0.0757. The summed E-state index contributed by atoms with van der Waals surface area (Å²) in [6.07, 6.45) is 0. The van der Waals surface area contributed by atoms with Crippen LogP contribution in [0, 0.1) is 0 Å². The van der Waals surface area contributed by atoms with Gasteiger partial charge < -0.3 is 10.5 Å². The fourth-order valence-corrected chi connectivity index (χ4v) is 2.84. The zero-order chi connectivity index (χ0) is 12.3. The van der Waals surface area contributed by atoms with Gasteiger partial charge in [0.15, 0.2) is 0 Å².